The Bertz CT molecular complexity index is 581. The van der Waals surface area contributed by atoms with Gasteiger partial charge in [-0.1, -0.05) is 6.92 Å². The third-order valence-corrected chi connectivity index (χ3v) is 2.62. The summed E-state index contributed by atoms with van der Waals surface area (Å²) < 4.78 is 0. The summed E-state index contributed by atoms with van der Waals surface area (Å²) in [7, 11) is 0. The summed E-state index contributed by atoms with van der Waals surface area (Å²) >= 11 is 0. The van der Waals surface area contributed by atoms with E-state index in [1.165, 1.54) is 12.1 Å². The molecule has 2 N–H and O–H groups in total. The number of rotatable bonds is 3. The third kappa shape index (κ3) is 2.27. The summed E-state index contributed by atoms with van der Waals surface area (Å²) in [5.74, 6) is 0.195. The van der Waals surface area contributed by atoms with Crippen LogP contribution in [0.3, 0.4) is 0 Å². The number of hydrogen-bond donors (Lipinski definition) is 1. The highest BCUT2D eigenvalue weighted by molar-refractivity contribution is 5.65. The number of nitrogen functional groups attached to an aromatic ring is 1. The molecule has 0 bridgehead atoms. The Morgan fingerprint density at radius 1 is 1.33 bits per heavy atom. The van der Waals surface area contributed by atoms with Gasteiger partial charge in [-0.2, -0.15) is 0 Å². The zero-order valence-electron chi connectivity index (χ0n) is 9.83. The number of hydrogen-bond acceptors (Lipinski definition) is 5. The molecule has 6 heteroatoms. The molecule has 0 saturated heterocycles. The van der Waals surface area contributed by atoms with E-state index >= 15 is 0 Å². The molecule has 6 nitrogen and oxygen atoms in total. The molecule has 18 heavy (non-hydrogen) atoms. The lowest BCUT2D eigenvalue weighted by molar-refractivity contribution is -0.384. The number of aromatic nitrogens is 2. The molecule has 1 aromatic heterocycles. The first kappa shape index (κ1) is 12.0. The summed E-state index contributed by atoms with van der Waals surface area (Å²) in [6, 6.07) is 6.23. The maximum Gasteiger partial charge on any atom is 0.269 e. The van der Waals surface area contributed by atoms with Crippen LogP contribution in [0.25, 0.3) is 11.3 Å². The molecule has 2 aromatic rings. The SMILES string of the molecule is CCc1cnc(N)nc1-c1ccc([N+](=O)[O-])cc1. The van der Waals surface area contributed by atoms with Gasteiger partial charge in [-0.15, -0.1) is 0 Å². The molecule has 1 heterocycles. The average molecular weight is 244 g/mol. The molecular weight excluding hydrogens is 232 g/mol. The van der Waals surface area contributed by atoms with Crippen molar-refractivity contribution in [1.82, 2.24) is 9.97 Å². The molecule has 0 spiro atoms. The van der Waals surface area contributed by atoms with Crippen LogP contribution >= 0.6 is 0 Å². The van der Waals surface area contributed by atoms with Crippen LogP contribution in [0.15, 0.2) is 30.5 Å². The number of benzene rings is 1. The Morgan fingerprint density at radius 2 is 2.00 bits per heavy atom. The van der Waals surface area contributed by atoms with E-state index in [2.05, 4.69) is 9.97 Å². The lowest BCUT2D eigenvalue weighted by atomic mass is 10.1. The van der Waals surface area contributed by atoms with E-state index in [-0.39, 0.29) is 11.6 Å². The normalized spacial score (nSPS) is 10.3. The molecule has 0 fully saturated rings. The number of nitro groups is 1. The maximum absolute atomic E-state index is 10.6. The first-order valence-corrected chi connectivity index (χ1v) is 5.48. The fraction of sp³-hybridized carbons (Fsp3) is 0.167. The number of anilines is 1. The molecule has 0 amide bonds. The van der Waals surface area contributed by atoms with Gasteiger partial charge in [0.25, 0.3) is 5.69 Å². The van der Waals surface area contributed by atoms with Gasteiger partial charge in [-0.3, -0.25) is 10.1 Å². The van der Waals surface area contributed by atoms with Crippen molar-refractivity contribution in [2.75, 3.05) is 5.73 Å². The van der Waals surface area contributed by atoms with Crippen LogP contribution in [0.5, 0.6) is 0 Å². The van der Waals surface area contributed by atoms with Gasteiger partial charge in [0.1, 0.15) is 0 Å². The number of nitro benzene ring substituents is 1. The standard InChI is InChI=1S/C12H12N4O2/c1-2-8-7-14-12(13)15-11(8)9-3-5-10(6-4-9)16(17)18/h3-7H,2H2,1H3,(H2,13,14,15). The van der Waals surface area contributed by atoms with Crippen molar-refractivity contribution >= 4 is 11.6 Å². The Hall–Kier alpha value is -2.50. The molecule has 0 atom stereocenters. The fourth-order valence-electron chi connectivity index (χ4n) is 1.67. The molecule has 0 saturated carbocycles. The molecule has 0 radical (unpaired) electrons. The van der Waals surface area contributed by atoms with E-state index in [1.54, 1.807) is 18.3 Å². The minimum atomic E-state index is -0.432. The summed E-state index contributed by atoms with van der Waals surface area (Å²) in [6.45, 7) is 1.99. The Kier molecular flexibility index (Phi) is 3.18. The maximum atomic E-state index is 10.6. The molecule has 1 aromatic carbocycles. The number of nitrogens with two attached hydrogens (primary N) is 1. The number of non-ortho nitro benzene ring substituents is 1. The predicted octanol–water partition coefficient (Wildman–Crippen LogP) is 2.20. The van der Waals surface area contributed by atoms with Gasteiger partial charge in [0.2, 0.25) is 5.95 Å². The average Bonchev–Trinajstić information content (AvgIpc) is 2.39. The fourth-order valence-corrected chi connectivity index (χ4v) is 1.67. The Labute approximate surface area is 104 Å². The van der Waals surface area contributed by atoms with Gasteiger partial charge in [0.05, 0.1) is 10.6 Å². The van der Waals surface area contributed by atoms with Crippen LogP contribution in [0.1, 0.15) is 12.5 Å². The summed E-state index contributed by atoms with van der Waals surface area (Å²) in [6.07, 6.45) is 2.45. The van der Waals surface area contributed by atoms with Gasteiger partial charge in [-0.25, -0.2) is 9.97 Å². The van der Waals surface area contributed by atoms with Gasteiger partial charge in [-0.05, 0) is 24.1 Å². The van der Waals surface area contributed by atoms with Gasteiger partial charge >= 0.3 is 0 Å². The van der Waals surface area contributed by atoms with Crippen LogP contribution in [-0.2, 0) is 6.42 Å². The van der Waals surface area contributed by atoms with E-state index in [0.29, 0.717) is 0 Å². The molecule has 0 aliphatic heterocycles. The molecular formula is C12H12N4O2. The molecule has 0 aliphatic carbocycles. The lowest BCUT2D eigenvalue weighted by Crippen LogP contribution is -2.00. The van der Waals surface area contributed by atoms with Gasteiger partial charge < -0.3 is 5.73 Å². The van der Waals surface area contributed by atoms with E-state index in [0.717, 1.165) is 23.2 Å². The first-order valence-electron chi connectivity index (χ1n) is 5.48. The largest absolute Gasteiger partial charge is 0.368 e. The molecule has 0 unspecified atom stereocenters. The van der Waals surface area contributed by atoms with Crippen molar-refractivity contribution in [3.05, 3.63) is 46.1 Å². The second kappa shape index (κ2) is 4.79. The monoisotopic (exact) mass is 244 g/mol. The molecule has 92 valence electrons. The minimum Gasteiger partial charge on any atom is -0.368 e. The summed E-state index contributed by atoms with van der Waals surface area (Å²) in [5.41, 5.74) is 8.10. The highest BCUT2D eigenvalue weighted by Gasteiger charge is 2.10. The number of nitrogens with zero attached hydrogens (tertiary/aromatic N) is 3. The Morgan fingerprint density at radius 3 is 2.56 bits per heavy atom. The van der Waals surface area contributed by atoms with E-state index in [4.69, 9.17) is 5.73 Å². The zero-order chi connectivity index (χ0) is 13.1. The molecule has 2 rings (SSSR count). The van der Waals surface area contributed by atoms with Crippen molar-refractivity contribution in [2.24, 2.45) is 0 Å². The number of aryl methyl sites for hydroxylation is 1. The lowest BCUT2D eigenvalue weighted by Gasteiger charge is -2.06. The quantitative estimate of drug-likeness (QED) is 0.659. The van der Waals surface area contributed by atoms with Crippen molar-refractivity contribution in [3.8, 4) is 11.3 Å². The Balaban J connectivity index is 2.48. The van der Waals surface area contributed by atoms with Crippen molar-refractivity contribution in [2.45, 2.75) is 13.3 Å². The third-order valence-electron chi connectivity index (χ3n) is 2.62. The predicted molar refractivity (Wildman–Crippen MR) is 67.9 cm³/mol. The van der Waals surface area contributed by atoms with Gasteiger partial charge in [0, 0.05) is 23.9 Å². The van der Waals surface area contributed by atoms with Crippen molar-refractivity contribution in [3.63, 3.8) is 0 Å². The first-order chi connectivity index (χ1) is 8.61. The van der Waals surface area contributed by atoms with Crippen molar-refractivity contribution in [1.29, 1.82) is 0 Å². The van der Waals surface area contributed by atoms with Crippen molar-refractivity contribution < 1.29 is 4.92 Å². The summed E-state index contributed by atoms with van der Waals surface area (Å²) in [4.78, 5) is 18.3. The van der Waals surface area contributed by atoms with Crippen LogP contribution < -0.4 is 5.73 Å². The van der Waals surface area contributed by atoms with Crippen LogP contribution in [0.2, 0.25) is 0 Å². The zero-order valence-corrected chi connectivity index (χ0v) is 9.83. The van der Waals surface area contributed by atoms with E-state index < -0.39 is 4.92 Å². The van der Waals surface area contributed by atoms with E-state index in [1.807, 2.05) is 6.92 Å². The highest BCUT2D eigenvalue weighted by atomic mass is 16.6. The van der Waals surface area contributed by atoms with Crippen LogP contribution in [0.4, 0.5) is 11.6 Å². The van der Waals surface area contributed by atoms with Gasteiger partial charge in [0.15, 0.2) is 0 Å². The topological polar surface area (TPSA) is 94.9 Å². The van der Waals surface area contributed by atoms with E-state index in [9.17, 15) is 10.1 Å². The van der Waals surface area contributed by atoms with Crippen LogP contribution in [-0.4, -0.2) is 14.9 Å². The molecule has 0 aliphatic rings. The minimum absolute atomic E-state index is 0.0545. The second-order valence-corrected chi connectivity index (χ2v) is 3.76. The summed E-state index contributed by atoms with van der Waals surface area (Å²) in [5, 5.41) is 10.6. The smallest absolute Gasteiger partial charge is 0.269 e. The van der Waals surface area contributed by atoms with Crippen LogP contribution in [0, 0.1) is 10.1 Å². The highest BCUT2D eigenvalue weighted by Crippen LogP contribution is 2.24. The second-order valence-electron chi connectivity index (χ2n) is 3.76.